The van der Waals surface area contributed by atoms with Crippen molar-refractivity contribution in [1.29, 1.82) is 0 Å². The fourth-order valence-electron chi connectivity index (χ4n) is 2.10. The average molecular weight is 348 g/mol. The van der Waals surface area contributed by atoms with Gasteiger partial charge in [0.05, 0.1) is 11.4 Å². The minimum absolute atomic E-state index is 0.240. The van der Waals surface area contributed by atoms with Crippen molar-refractivity contribution in [1.82, 2.24) is 4.98 Å². The van der Waals surface area contributed by atoms with E-state index in [2.05, 4.69) is 10.3 Å². The highest BCUT2D eigenvalue weighted by Crippen LogP contribution is 2.29. The molecule has 0 fully saturated rings. The van der Waals surface area contributed by atoms with Crippen molar-refractivity contribution in [2.45, 2.75) is 6.92 Å². The smallest absolute Gasteiger partial charge is 0.267 e. The van der Waals surface area contributed by atoms with Crippen LogP contribution in [0, 0.1) is 24.4 Å². The number of carbonyl (C=O) groups is 1. The van der Waals surface area contributed by atoms with Crippen LogP contribution in [-0.4, -0.2) is 10.9 Å². The number of benzene rings is 2. The second-order valence-electron chi connectivity index (χ2n) is 5.02. The summed E-state index contributed by atoms with van der Waals surface area (Å²) >= 11 is 1.09. The molecule has 1 N–H and O–H groups in total. The van der Waals surface area contributed by atoms with Crippen molar-refractivity contribution < 1.29 is 18.0 Å². The molecule has 1 amide bonds. The third kappa shape index (κ3) is 3.30. The standard InChI is InChI=1S/C17H11F3N2OS/c1-9-15(16(23)22-14-8-12(19)6-7-13(14)20)24-17(21-9)10-2-4-11(18)5-3-10/h2-8H,1H3,(H,22,23). The molecule has 0 aliphatic rings. The Bertz CT molecular complexity index is 907. The van der Waals surface area contributed by atoms with E-state index in [-0.39, 0.29) is 16.4 Å². The molecule has 2 aromatic carbocycles. The van der Waals surface area contributed by atoms with Crippen LogP contribution in [0.25, 0.3) is 10.6 Å². The topological polar surface area (TPSA) is 42.0 Å². The first kappa shape index (κ1) is 16.2. The van der Waals surface area contributed by atoms with E-state index in [1.165, 1.54) is 12.1 Å². The van der Waals surface area contributed by atoms with Crippen molar-refractivity contribution >= 4 is 22.9 Å². The van der Waals surface area contributed by atoms with Crippen LogP contribution in [0.15, 0.2) is 42.5 Å². The number of carbonyl (C=O) groups excluding carboxylic acids is 1. The summed E-state index contributed by atoms with van der Waals surface area (Å²) in [5, 5.41) is 2.88. The van der Waals surface area contributed by atoms with Crippen LogP contribution in [0.2, 0.25) is 0 Å². The SMILES string of the molecule is Cc1nc(-c2ccc(F)cc2)sc1C(=O)Nc1cc(F)ccc1F. The van der Waals surface area contributed by atoms with E-state index < -0.39 is 17.5 Å². The van der Waals surface area contributed by atoms with E-state index in [0.717, 1.165) is 29.5 Å². The Hall–Kier alpha value is -2.67. The highest BCUT2D eigenvalue weighted by atomic mass is 32.1. The second-order valence-corrected chi connectivity index (χ2v) is 6.02. The molecular weight excluding hydrogens is 337 g/mol. The summed E-state index contributed by atoms with van der Waals surface area (Å²) in [4.78, 5) is 16.9. The zero-order valence-corrected chi connectivity index (χ0v) is 13.3. The molecule has 24 heavy (non-hydrogen) atoms. The van der Waals surface area contributed by atoms with Gasteiger partial charge in [-0.05, 0) is 43.3 Å². The number of nitrogens with one attached hydrogen (secondary N) is 1. The molecule has 0 spiro atoms. The highest BCUT2D eigenvalue weighted by molar-refractivity contribution is 7.17. The fourth-order valence-corrected chi connectivity index (χ4v) is 3.06. The van der Waals surface area contributed by atoms with Gasteiger partial charge in [0, 0.05) is 11.6 Å². The van der Waals surface area contributed by atoms with Crippen LogP contribution < -0.4 is 5.32 Å². The van der Waals surface area contributed by atoms with Gasteiger partial charge in [0.15, 0.2) is 0 Å². The molecule has 0 atom stereocenters. The molecule has 0 aliphatic carbocycles. The number of nitrogens with zero attached hydrogens (tertiary/aromatic N) is 1. The molecule has 0 unspecified atom stereocenters. The minimum Gasteiger partial charge on any atom is -0.319 e. The molecule has 3 rings (SSSR count). The third-order valence-electron chi connectivity index (χ3n) is 3.27. The minimum atomic E-state index is -0.731. The lowest BCUT2D eigenvalue weighted by Gasteiger charge is -2.05. The first-order valence-corrected chi connectivity index (χ1v) is 7.75. The maximum absolute atomic E-state index is 13.6. The summed E-state index contributed by atoms with van der Waals surface area (Å²) < 4.78 is 39.8. The maximum Gasteiger partial charge on any atom is 0.267 e. The van der Waals surface area contributed by atoms with Crippen molar-refractivity contribution in [3.63, 3.8) is 0 Å². The number of rotatable bonds is 3. The largest absolute Gasteiger partial charge is 0.319 e. The first-order chi connectivity index (χ1) is 11.4. The van der Waals surface area contributed by atoms with E-state index in [1.54, 1.807) is 19.1 Å². The summed E-state index contributed by atoms with van der Waals surface area (Å²) in [7, 11) is 0. The van der Waals surface area contributed by atoms with Crippen molar-refractivity contribution in [2.24, 2.45) is 0 Å². The molecule has 0 aliphatic heterocycles. The Balaban J connectivity index is 1.88. The molecule has 0 saturated carbocycles. The van der Waals surface area contributed by atoms with Gasteiger partial charge in [0.2, 0.25) is 0 Å². The normalized spacial score (nSPS) is 10.7. The van der Waals surface area contributed by atoms with Crippen molar-refractivity contribution in [3.05, 3.63) is 70.5 Å². The van der Waals surface area contributed by atoms with Crippen LogP contribution in [0.5, 0.6) is 0 Å². The van der Waals surface area contributed by atoms with Crippen LogP contribution in [-0.2, 0) is 0 Å². The number of amides is 1. The van der Waals surface area contributed by atoms with Crippen LogP contribution in [0.4, 0.5) is 18.9 Å². The monoisotopic (exact) mass is 348 g/mol. The van der Waals surface area contributed by atoms with Crippen LogP contribution >= 0.6 is 11.3 Å². The van der Waals surface area contributed by atoms with Crippen LogP contribution in [0.1, 0.15) is 15.4 Å². The zero-order valence-electron chi connectivity index (χ0n) is 12.4. The Morgan fingerprint density at radius 3 is 2.42 bits per heavy atom. The van der Waals surface area contributed by atoms with E-state index in [4.69, 9.17) is 0 Å². The van der Waals surface area contributed by atoms with E-state index in [0.29, 0.717) is 16.3 Å². The van der Waals surface area contributed by atoms with E-state index in [9.17, 15) is 18.0 Å². The lowest BCUT2D eigenvalue weighted by molar-refractivity contribution is 0.102. The van der Waals surface area contributed by atoms with Gasteiger partial charge in [-0.1, -0.05) is 0 Å². The molecule has 0 saturated heterocycles. The molecule has 122 valence electrons. The molecule has 0 bridgehead atoms. The molecule has 0 radical (unpaired) electrons. The van der Waals surface area contributed by atoms with E-state index in [1.807, 2.05) is 0 Å². The highest BCUT2D eigenvalue weighted by Gasteiger charge is 2.18. The Morgan fingerprint density at radius 1 is 1.04 bits per heavy atom. The quantitative estimate of drug-likeness (QED) is 0.739. The number of hydrogen-bond acceptors (Lipinski definition) is 3. The fraction of sp³-hybridized carbons (Fsp3) is 0.0588. The van der Waals surface area contributed by atoms with Gasteiger partial charge in [-0.25, -0.2) is 18.2 Å². The maximum atomic E-state index is 13.6. The molecule has 3 nitrogen and oxygen atoms in total. The molecular formula is C17H11F3N2OS. The van der Waals surface area contributed by atoms with Gasteiger partial charge in [0.25, 0.3) is 5.91 Å². The third-order valence-corrected chi connectivity index (χ3v) is 4.48. The number of halogens is 3. The number of aryl methyl sites for hydroxylation is 1. The van der Waals surface area contributed by atoms with Gasteiger partial charge in [-0.2, -0.15) is 0 Å². The summed E-state index contributed by atoms with van der Waals surface area (Å²) in [5.41, 5.74) is 0.880. The van der Waals surface area contributed by atoms with Gasteiger partial charge < -0.3 is 5.32 Å². The molecule has 1 heterocycles. The summed E-state index contributed by atoms with van der Waals surface area (Å²) in [6.45, 7) is 1.64. The number of thiazole rings is 1. The summed E-state index contributed by atoms with van der Waals surface area (Å²) in [6, 6.07) is 8.53. The number of aromatic nitrogens is 1. The lowest BCUT2D eigenvalue weighted by atomic mass is 10.2. The molecule has 3 aromatic rings. The molecule has 7 heteroatoms. The van der Waals surface area contributed by atoms with Gasteiger partial charge >= 0.3 is 0 Å². The Morgan fingerprint density at radius 2 is 1.71 bits per heavy atom. The van der Waals surface area contributed by atoms with Crippen molar-refractivity contribution in [2.75, 3.05) is 5.32 Å². The van der Waals surface area contributed by atoms with Gasteiger partial charge in [-0.15, -0.1) is 11.3 Å². The summed E-state index contributed by atoms with van der Waals surface area (Å²) in [5.74, 6) is -2.33. The predicted octanol–water partition coefficient (Wildman–Crippen LogP) is 4.79. The second kappa shape index (κ2) is 6.45. The first-order valence-electron chi connectivity index (χ1n) is 6.94. The Labute approximate surface area is 139 Å². The predicted molar refractivity (Wildman–Crippen MR) is 86.6 cm³/mol. The van der Waals surface area contributed by atoms with Gasteiger partial charge in [-0.3, -0.25) is 4.79 Å². The number of anilines is 1. The Kier molecular flexibility index (Phi) is 4.35. The van der Waals surface area contributed by atoms with Gasteiger partial charge in [0.1, 0.15) is 27.3 Å². The zero-order chi connectivity index (χ0) is 17.3. The van der Waals surface area contributed by atoms with Crippen molar-refractivity contribution in [3.8, 4) is 10.6 Å². The lowest BCUT2D eigenvalue weighted by Crippen LogP contribution is -2.12. The average Bonchev–Trinajstić information content (AvgIpc) is 2.93. The number of hydrogen-bond donors (Lipinski definition) is 1. The molecule has 1 aromatic heterocycles. The van der Waals surface area contributed by atoms with Crippen LogP contribution in [0.3, 0.4) is 0 Å². The van der Waals surface area contributed by atoms with E-state index >= 15 is 0 Å². The summed E-state index contributed by atoms with van der Waals surface area (Å²) in [6.07, 6.45) is 0.